The third-order valence-corrected chi connectivity index (χ3v) is 7.65. The monoisotopic (exact) mass is 421 g/mol. The van der Waals surface area contributed by atoms with Crippen molar-refractivity contribution >= 4 is 32.5 Å². The van der Waals surface area contributed by atoms with Crippen LogP contribution in [0.5, 0.6) is 11.5 Å². The maximum absolute atomic E-state index is 15.1. The van der Waals surface area contributed by atoms with Crippen molar-refractivity contribution in [2.24, 2.45) is 19.1 Å². The van der Waals surface area contributed by atoms with E-state index < -0.39 is 24.0 Å². The molecule has 0 fully saturated rings. The molecule has 0 aliphatic heterocycles. The van der Waals surface area contributed by atoms with Crippen LogP contribution in [0.3, 0.4) is 0 Å². The van der Waals surface area contributed by atoms with Gasteiger partial charge in [-0.2, -0.15) is 0 Å². The van der Waals surface area contributed by atoms with Crippen LogP contribution in [0.25, 0.3) is 0 Å². The highest BCUT2D eigenvalue weighted by atomic mass is 31.3. The summed E-state index contributed by atoms with van der Waals surface area (Å²) in [6.45, 7) is 0. The fourth-order valence-corrected chi connectivity index (χ4v) is 5.93. The largest absolute Gasteiger partial charge is 0.443 e. The van der Waals surface area contributed by atoms with Crippen molar-refractivity contribution < 1.29 is 17.4 Å². The minimum Gasteiger partial charge on any atom is -0.419 e. The zero-order chi connectivity index (χ0) is 18.2. The summed E-state index contributed by atoms with van der Waals surface area (Å²) < 4.78 is 50.5. The SMILES string of the molecule is N=PN=P(F)(N=P(F)(N=PN)Oc1ccccc1)Oc1ccccc1. The lowest BCUT2D eigenvalue weighted by molar-refractivity contribution is 0.537. The van der Waals surface area contributed by atoms with Gasteiger partial charge in [0.25, 0.3) is 0 Å². The number of benzene rings is 2. The molecule has 0 spiro atoms. The van der Waals surface area contributed by atoms with E-state index in [1.807, 2.05) is 0 Å². The van der Waals surface area contributed by atoms with Gasteiger partial charge in [-0.3, -0.25) is 10.7 Å². The van der Waals surface area contributed by atoms with E-state index in [9.17, 15) is 0 Å². The minimum absolute atomic E-state index is 0.103. The molecule has 0 aliphatic carbocycles. The van der Waals surface area contributed by atoms with Crippen LogP contribution in [0.4, 0.5) is 8.39 Å². The van der Waals surface area contributed by atoms with Gasteiger partial charge < -0.3 is 9.05 Å². The molecule has 132 valence electrons. The fraction of sp³-hybridized carbons (Fsp3) is 0. The molecule has 7 nitrogen and oxygen atoms in total. The highest BCUT2D eigenvalue weighted by molar-refractivity contribution is 7.69. The predicted molar refractivity (Wildman–Crippen MR) is 98.2 cm³/mol. The molecule has 2 rings (SSSR count). The fourth-order valence-electron chi connectivity index (χ4n) is 1.59. The highest BCUT2D eigenvalue weighted by Crippen LogP contribution is 2.68. The second-order valence-electron chi connectivity index (χ2n) is 4.24. The molecular formula is C12H13F2N5O2P4. The van der Waals surface area contributed by atoms with E-state index in [0.29, 0.717) is 0 Å². The van der Waals surface area contributed by atoms with E-state index in [1.165, 1.54) is 24.3 Å². The number of hydrogen-bond acceptors (Lipinski definition) is 3. The minimum atomic E-state index is -4.53. The third-order valence-electron chi connectivity index (χ3n) is 2.47. The van der Waals surface area contributed by atoms with Gasteiger partial charge in [0, 0.05) is 0 Å². The van der Waals surface area contributed by atoms with Crippen LogP contribution in [0.1, 0.15) is 0 Å². The van der Waals surface area contributed by atoms with E-state index in [4.69, 9.17) is 19.7 Å². The lowest BCUT2D eigenvalue weighted by Gasteiger charge is -2.15. The molecule has 2 atom stereocenters. The zero-order valence-corrected chi connectivity index (χ0v) is 16.1. The topological polar surface area (TPSA) is 105 Å². The van der Waals surface area contributed by atoms with E-state index in [-0.39, 0.29) is 20.0 Å². The van der Waals surface area contributed by atoms with Gasteiger partial charge in [-0.1, -0.05) is 36.4 Å². The molecule has 0 bridgehead atoms. The Labute approximate surface area is 146 Å². The zero-order valence-electron chi connectivity index (χ0n) is 12.6. The Bertz CT molecular complexity index is 851. The Balaban J connectivity index is 2.46. The molecule has 3 N–H and O–H groups in total. The number of nitrogens with one attached hydrogen (secondary N) is 1. The molecule has 2 aromatic carbocycles. The van der Waals surface area contributed by atoms with Crippen LogP contribution in [0, 0.1) is 5.16 Å². The molecule has 13 heteroatoms. The van der Waals surface area contributed by atoms with Crippen molar-refractivity contribution in [3.8, 4) is 11.5 Å². The number of halogens is 2. The van der Waals surface area contributed by atoms with Gasteiger partial charge in [0.2, 0.25) is 0 Å². The van der Waals surface area contributed by atoms with E-state index in [0.717, 1.165) is 0 Å². The van der Waals surface area contributed by atoms with Crippen LogP contribution in [0.15, 0.2) is 74.2 Å². The first-order chi connectivity index (χ1) is 12.0. The maximum atomic E-state index is 15.1. The van der Waals surface area contributed by atoms with Crippen molar-refractivity contribution in [3.63, 3.8) is 0 Å². The second kappa shape index (κ2) is 9.28. The molecule has 0 saturated heterocycles. The number of nitrogens with two attached hydrogens (primary N) is 1. The summed E-state index contributed by atoms with van der Waals surface area (Å²) in [4.78, 5) is 0. The Morgan fingerprint density at radius 1 is 0.880 bits per heavy atom. The molecule has 2 aromatic rings. The van der Waals surface area contributed by atoms with Gasteiger partial charge in [-0.25, -0.2) is 0 Å². The average molecular weight is 421 g/mol. The molecule has 0 heterocycles. The maximum Gasteiger partial charge on any atom is 0.443 e. The summed E-state index contributed by atoms with van der Waals surface area (Å²) in [6, 6.07) is 15.8. The van der Waals surface area contributed by atoms with Gasteiger partial charge in [0.1, 0.15) is 11.5 Å². The molecule has 0 aromatic heterocycles. The Morgan fingerprint density at radius 2 is 1.36 bits per heavy atom. The number of rotatable bonds is 7. The summed E-state index contributed by atoms with van der Waals surface area (Å²) in [6.07, 6.45) is 0. The van der Waals surface area contributed by atoms with Crippen LogP contribution >= 0.6 is 32.5 Å². The normalized spacial score (nSPS) is 16.0. The first-order valence-electron chi connectivity index (χ1n) is 6.61. The number of hydrogen-bond donors (Lipinski definition) is 2. The molecule has 0 amide bonds. The smallest absolute Gasteiger partial charge is 0.419 e. The van der Waals surface area contributed by atoms with Crippen molar-refractivity contribution in [2.75, 3.05) is 0 Å². The molecule has 25 heavy (non-hydrogen) atoms. The molecule has 0 aliphatic rings. The van der Waals surface area contributed by atoms with Crippen molar-refractivity contribution in [1.29, 1.82) is 5.16 Å². The van der Waals surface area contributed by atoms with Crippen LogP contribution < -0.4 is 14.6 Å². The van der Waals surface area contributed by atoms with Crippen LogP contribution in [-0.2, 0) is 0 Å². The van der Waals surface area contributed by atoms with Gasteiger partial charge in [0.05, 0.1) is 8.52 Å². The third kappa shape index (κ3) is 6.39. The van der Waals surface area contributed by atoms with E-state index in [1.54, 1.807) is 36.4 Å². The summed E-state index contributed by atoms with van der Waals surface area (Å²) in [7, 11) is -9.69. The summed E-state index contributed by atoms with van der Waals surface area (Å²) in [5.41, 5.74) is 5.25. The average Bonchev–Trinajstić information content (AvgIpc) is 2.56. The van der Waals surface area contributed by atoms with Crippen molar-refractivity contribution in [2.45, 2.75) is 0 Å². The van der Waals surface area contributed by atoms with Gasteiger partial charge in [-0.05, 0) is 24.3 Å². The van der Waals surface area contributed by atoms with E-state index >= 15 is 8.39 Å². The molecule has 0 saturated carbocycles. The number of nitrogens with zero attached hydrogens (tertiary/aromatic N) is 3. The molecule has 2 unspecified atom stereocenters. The van der Waals surface area contributed by atoms with Gasteiger partial charge >= 0.3 is 15.5 Å². The van der Waals surface area contributed by atoms with Gasteiger partial charge in [0.15, 0.2) is 8.52 Å². The van der Waals surface area contributed by atoms with Crippen molar-refractivity contribution in [1.82, 2.24) is 0 Å². The highest BCUT2D eigenvalue weighted by Gasteiger charge is 2.31. The summed E-state index contributed by atoms with van der Waals surface area (Å²) >= 11 is 0. The van der Waals surface area contributed by atoms with E-state index in [2.05, 4.69) is 13.5 Å². The first-order valence-corrected chi connectivity index (χ1v) is 11.4. The quantitative estimate of drug-likeness (QED) is 0.450. The second-order valence-corrected chi connectivity index (χ2v) is 9.07. The standard InChI is InChI=1S/C12H13F2N5O2P4/c13-24(17-22-15,20-11-7-3-1-4-8-11)19-25(14,18-23-16)21-12-9-5-2-6-10-12/h1-10,15H,(H2,16,18). The predicted octanol–water partition coefficient (Wildman–Crippen LogP) is 7.60. The molecular weight excluding hydrogens is 408 g/mol. The summed E-state index contributed by atoms with van der Waals surface area (Å²) in [5.74, 6) is 0.218. The summed E-state index contributed by atoms with van der Waals surface area (Å²) in [5, 5.41) is 7.10. The Morgan fingerprint density at radius 3 is 1.80 bits per heavy atom. The Hall–Kier alpha value is -1.48. The van der Waals surface area contributed by atoms with Crippen molar-refractivity contribution in [3.05, 3.63) is 60.7 Å². The van der Waals surface area contributed by atoms with Crippen LogP contribution in [-0.4, -0.2) is 0 Å². The molecule has 0 radical (unpaired) electrons. The lowest BCUT2D eigenvalue weighted by Crippen LogP contribution is -1.89. The first kappa shape index (κ1) is 19.8. The Kier molecular flexibility index (Phi) is 7.37. The lowest BCUT2D eigenvalue weighted by atomic mass is 10.3. The number of para-hydroxylation sites is 2. The van der Waals surface area contributed by atoms with Crippen LogP contribution in [0.2, 0.25) is 0 Å². The van der Waals surface area contributed by atoms with Gasteiger partial charge in [-0.15, -0.1) is 21.9 Å².